The number of hydrogen-bond donors (Lipinski definition) is 1. The van der Waals surface area contributed by atoms with Crippen LogP contribution in [0.25, 0.3) is 11.0 Å². The van der Waals surface area contributed by atoms with E-state index in [1.807, 2.05) is 54.9 Å². The molecular formula is C21H23N3O2. The van der Waals surface area contributed by atoms with Gasteiger partial charge in [0.2, 0.25) is 0 Å². The molecule has 0 radical (unpaired) electrons. The summed E-state index contributed by atoms with van der Waals surface area (Å²) in [5.74, 6) is 0.504. The number of para-hydroxylation sites is 1. The van der Waals surface area contributed by atoms with Crippen molar-refractivity contribution in [2.45, 2.75) is 38.1 Å². The lowest BCUT2D eigenvalue weighted by Gasteiger charge is -2.23. The standard InChI is InChI=1S/C21H23N3O2/c25-21(14-26-18-9-5-2-6-10-18)23-16-11-12-20-19(13-16)22-15-24(20)17-7-3-1-4-8-17/h2,5-6,9-13,15,17H,1,3-4,7-8,14H2,(H,23,25). The number of ether oxygens (including phenoxy) is 1. The van der Waals surface area contributed by atoms with Crippen molar-refractivity contribution < 1.29 is 9.53 Å². The molecule has 1 saturated carbocycles. The third kappa shape index (κ3) is 3.72. The number of imidazole rings is 1. The molecule has 134 valence electrons. The van der Waals surface area contributed by atoms with Crippen LogP contribution in [-0.4, -0.2) is 22.1 Å². The van der Waals surface area contributed by atoms with E-state index in [0.29, 0.717) is 11.8 Å². The Balaban J connectivity index is 1.41. The number of anilines is 1. The molecule has 0 spiro atoms. The van der Waals surface area contributed by atoms with E-state index < -0.39 is 0 Å². The highest BCUT2D eigenvalue weighted by molar-refractivity contribution is 5.94. The summed E-state index contributed by atoms with van der Waals surface area (Å²) >= 11 is 0. The lowest BCUT2D eigenvalue weighted by molar-refractivity contribution is -0.118. The number of benzene rings is 2. The van der Waals surface area contributed by atoms with E-state index in [1.165, 1.54) is 32.1 Å². The molecule has 1 amide bonds. The van der Waals surface area contributed by atoms with E-state index in [0.717, 1.165) is 16.7 Å². The fraction of sp³-hybridized carbons (Fsp3) is 0.333. The number of rotatable bonds is 5. The van der Waals surface area contributed by atoms with Crippen LogP contribution in [0.3, 0.4) is 0 Å². The Labute approximate surface area is 153 Å². The minimum absolute atomic E-state index is 0.0153. The highest BCUT2D eigenvalue weighted by atomic mass is 16.5. The largest absolute Gasteiger partial charge is 0.484 e. The van der Waals surface area contributed by atoms with Crippen molar-refractivity contribution in [1.29, 1.82) is 0 Å². The van der Waals surface area contributed by atoms with Gasteiger partial charge in [-0.25, -0.2) is 4.98 Å². The van der Waals surface area contributed by atoms with Crippen LogP contribution in [0.5, 0.6) is 5.75 Å². The number of hydrogen-bond acceptors (Lipinski definition) is 3. The fourth-order valence-electron chi connectivity index (χ4n) is 3.62. The first-order valence-electron chi connectivity index (χ1n) is 9.24. The fourth-order valence-corrected chi connectivity index (χ4v) is 3.62. The Kier molecular flexibility index (Phi) is 4.86. The summed E-state index contributed by atoms with van der Waals surface area (Å²) in [5, 5.41) is 2.88. The van der Waals surface area contributed by atoms with E-state index in [4.69, 9.17) is 4.74 Å². The molecule has 2 aromatic carbocycles. The number of fused-ring (bicyclic) bond motifs is 1. The van der Waals surface area contributed by atoms with Crippen molar-refractivity contribution in [3.8, 4) is 5.75 Å². The average Bonchev–Trinajstić information content (AvgIpc) is 3.11. The number of carbonyl (C=O) groups excluding carboxylic acids is 1. The van der Waals surface area contributed by atoms with Gasteiger partial charge >= 0.3 is 0 Å². The molecule has 5 nitrogen and oxygen atoms in total. The zero-order chi connectivity index (χ0) is 17.8. The van der Waals surface area contributed by atoms with Gasteiger partial charge in [-0.3, -0.25) is 4.79 Å². The molecule has 0 unspecified atom stereocenters. The summed E-state index contributed by atoms with van der Waals surface area (Å²) < 4.78 is 7.77. The summed E-state index contributed by atoms with van der Waals surface area (Å²) in [4.78, 5) is 16.6. The number of amides is 1. The summed E-state index contributed by atoms with van der Waals surface area (Å²) in [7, 11) is 0. The minimum Gasteiger partial charge on any atom is -0.484 e. The van der Waals surface area contributed by atoms with Crippen molar-refractivity contribution in [3.63, 3.8) is 0 Å². The molecule has 1 fully saturated rings. The molecule has 5 heteroatoms. The first kappa shape index (κ1) is 16.6. The molecule has 1 aliphatic carbocycles. The van der Waals surface area contributed by atoms with Gasteiger partial charge < -0.3 is 14.6 Å². The number of aromatic nitrogens is 2. The summed E-state index contributed by atoms with van der Waals surface area (Å²) in [6.07, 6.45) is 8.30. The van der Waals surface area contributed by atoms with Crippen LogP contribution in [0.2, 0.25) is 0 Å². The van der Waals surface area contributed by atoms with E-state index in [1.54, 1.807) is 0 Å². The number of nitrogens with one attached hydrogen (secondary N) is 1. The predicted molar refractivity (Wildman–Crippen MR) is 102 cm³/mol. The predicted octanol–water partition coefficient (Wildman–Crippen LogP) is 4.56. The zero-order valence-corrected chi connectivity index (χ0v) is 14.7. The molecule has 26 heavy (non-hydrogen) atoms. The molecule has 1 N–H and O–H groups in total. The van der Waals surface area contributed by atoms with Gasteiger partial charge in [-0.2, -0.15) is 0 Å². The van der Waals surface area contributed by atoms with Gasteiger partial charge in [0.25, 0.3) is 5.91 Å². The van der Waals surface area contributed by atoms with E-state index in [-0.39, 0.29) is 12.5 Å². The van der Waals surface area contributed by atoms with Crippen molar-refractivity contribution in [3.05, 3.63) is 54.9 Å². The Morgan fingerprint density at radius 1 is 1.12 bits per heavy atom. The van der Waals surface area contributed by atoms with Crippen molar-refractivity contribution in [2.75, 3.05) is 11.9 Å². The molecule has 1 aromatic heterocycles. The van der Waals surface area contributed by atoms with Crippen LogP contribution < -0.4 is 10.1 Å². The molecule has 3 aromatic rings. The Bertz CT molecular complexity index is 883. The first-order valence-corrected chi connectivity index (χ1v) is 9.24. The van der Waals surface area contributed by atoms with Crippen LogP contribution in [0.1, 0.15) is 38.1 Å². The minimum atomic E-state index is -0.181. The molecule has 1 aliphatic rings. The lowest BCUT2D eigenvalue weighted by Crippen LogP contribution is -2.20. The van der Waals surface area contributed by atoms with Gasteiger partial charge in [0, 0.05) is 11.7 Å². The number of carbonyl (C=O) groups is 1. The molecule has 0 bridgehead atoms. The lowest BCUT2D eigenvalue weighted by atomic mass is 9.95. The smallest absolute Gasteiger partial charge is 0.262 e. The van der Waals surface area contributed by atoms with Crippen molar-refractivity contribution in [1.82, 2.24) is 9.55 Å². The van der Waals surface area contributed by atoms with Crippen LogP contribution in [0.15, 0.2) is 54.9 Å². The highest BCUT2D eigenvalue weighted by Gasteiger charge is 2.17. The second-order valence-electron chi connectivity index (χ2n) is 6.80. The molecule has 0 aliphatic heterocycles. The quantitative estimate of drug-likeness (QED) is 0.735. The number of nitrogens with zero attached hydrogens (tertiary/aromatic N) is 2. The Morgan fingerprint density at radius 2 is 1.92 bits per heavy atom. The van der Waals surface area contributed by atoms with Gasteiger partial charge in [-0.1, -0.05) is 37.5 Å². The molecule has 4 rings (SSSR count). The zero-order valence-electron chi connectivity index (χ0n) is 14.7. The van der Waals surface area contributed by atoms with Crippen LogP contribution in [0.4, 0.5) is 5.69 Å². The van der Waals surface area contributed by atoms with Gasteiger partial charge in [-0.05, 0) is 43.2 Å². The third-order valence-electron chi connectivity index (χ3n) is 4.94. The molecule has 0 saturated heterocycles. The molecule has 1 heterocycles. The van der Waals surface area contributed by atoms with E-state index in [9.17, 15) is 4.79 Å². The van der Waals surface area contributed by atoms with E-state index >= 15 is 0 Å². The van der Waals surface area contributed by atoms with Gasteiger partial charge in [0.15, 0.2) is 6.61 Å². The third-order valence-corrected chi connectivity index (χ3v) is 4.94. The van der Waals surface area contributed by atoms with Crippen molar-refractivity contribution >= 4 is 22.6 Å². The van der Waals surface area contributed by atoms with Gasteiger partial charge in [0.1, 0.15) is 5.75 Å². The normalized spacial score (nSPS) is 15.1. The Hall–Kier alpha value is -2.82. The Morgan fingerprint density at radius 3 is 2.73 bits per heavy atom. The SMILES string of the molecule is O=C(COc1ccccc1)Nc1ccc2c(c1)ncn2C1CCCCC1. The summed E-state index contributed by atoms with van der Waals surface area (Å²) in [5.41, 5.74) is 2.79. The van der Waals surface area contributed by atoms with E-state index in [2.05, 4.69) is 14.9 Å². The second-order valence-corrected chi connectivity index (χ2v) is 6.80. The monoisotopic (exact) mass is 349 g/mol. The van der Waals surface area contributed by atoms with Crippen molar-refractivity contribution in [2.24, 2.45) is 0 Å². The molecular weight excluding hydrogens is 326 g/mol. The topological polar surface area (TPSA) is 56.1 Å². The maximum atomic E-state index is 12.1. The average molecular weight is 349 g/mol. The van der Waals surface area contributed by atoms with Crippen LogP contribution in [0, 0.1) is 0 Å². The maximum Gasteiger partial charge on any atom is 0.262 e. The second kappa shape index (κ2) is 7.60. The maximum absolute atomic E-state index is 12.1. The summed E-state index contributed by atoms with van der Waals surface area (Å²) in [6.45, 7) is -0.0153. The molecule has 0 atom stereocenters. The first-order chi connectivity index (χ1) is 12.8. The summed E-state index contributed by atoms with van der Waals surface area (Å²) in [6, 6.07) is 15.8. The van der Waals surface area contributed by atoms with Crippen LogP contribution >= 0.6 is 0 Å². The van der Waals surface area contributed by atoms with Crippen LogP contribution in [-0.2, 0) is 4.79 Å². The van der Waals surface area contributed by atoms with Gasteiger partial charge in [-0.15, -0.1) is 0 Å². The highest BCUT2D eigenvalue weighted by Crippen LogP contribution is 2.31. The van der Waals surface area contributed by atoms with Gasteiger partial charge in [0.05, 0.1) is 17.4 Å².